The first-order valence-corrected chi connectivity index (χ1v) is 9.22. The second-order valence-electron chi connectivity index (χ2n) is 6.35. The molecule has 4 nitrogen and oxygen atoms in total. The van der Waals surface area contributed by atoms with E-state index in [0.29, 0.717) is 16.7 Å². The lowest BCUT2D eigenvalue weighted by molar-refractivity contribution is 0.480. The lowest BCUT2D eigenvalue weighted by Gasteiger charge is -2.29. The van der Waals surface area contributed by atoms with Crippen LogP contribution < -0.4 is 15.0 Å². The molecule has 1 N–H and O–H groups in total. The van der Waals surface area contributed by atoms with Crippen molar-refractivity contribution >= 4 is 17.3 Å². The first-order valence-electron chi connectivity index (χ1n) is 8.84. The van der Waals surface area contributed by atoms with Crippen LogP contribution in [0.1, 0.15) is 0 Å². The number of halogens is 2. The highest BCUT2D eigenvalue weighted by molar-refractivity contribution is 6.29. The number of ether oxygens (including phenoxy) is 1. The fraction of sp³-hybridized carbons (Fsp3) is 0.190. The Morgan fingerprint density at radius 3 is 2.22 bits per heavy atom. The summed E-state index contributed by atoms with van der Waals surface area (Å²) in [5.74, 6) is 0.978. The molecule has 4 rings (SSSR count). The van der Waals surface area contributed by atoms with Gasteiger partial charge in [-0.3, -0.25) is 0 Å². The third kappa shape index (κ3) is 4.38. The van der Waals surface area contributed by atoms with Crippen LogP contribution in [-0.2, 0) is 0 Å². The summed E-state index contributed by atoms with van der Waals surface area (Å²) < 4.78 is 18.7. The highest BCUT2D eigenvalue weighted by Crippen LogP contribution is 2.29. The molecule has 0 atom stereocenters. The second-order valence-corrected chi connectivity index (χ2v) is 6.74. The van der Waals surface area contributed by atoms with E-state index in [1.165, 1.54) is 12.1 Å². The van der Waals surface area contributed by atoms with Crippen LogP contribution in [-0.4, -0.2) is 31.2 Å². The molecule has 0 saturated carbocycles. The van der Waals surface area contributed by atoms with Crippen LogP contribution >= 0.6 is 11.6 Å². The van der Waals surface area contributed by atoms with Gasteiger partial charge in [0.1, 0.15) is 22.5 Å². The fourth-order valence-electron chi connectivity index (χ4n) is 3.07. The van der Waals surface area contributed by atoms with Crippen LogP contribution in [0.4, 0.5) is 10.1 Å². The van der Waals surface area contributed by atoms with Crippen LogP contribution in [0.3, 0.4) is 0 Å². The molecule has 27 heavy (non-hydrogen) atoms. The number of piperazine rings is 1. The quantitative estimate of drug-likeness (QED) is 0.660. The smallest absolute Gasteiger partial charge is 0.131 e. The van der Waals surface area contributed by atoms with Crippen LogP contribution in [0.5, 0.6) is 11.5 Å². The summed E-state index contributed by atoms with van der Waals surface area (Å²) >= 11 is 6.26. The molecule has 1 aliphatic heterocycles. The van der Waals surface area contributed by atoms with Crippen molar-refractivity contribution in [2.24, 2.45) is 0 Å². The molecule has 0 unspecified atom stereocenters. The maximum absolute atomic E-state index is 13.0. The highest BCUT2D eigenvalue weighted by atomic mass is 35.5. The summed E-state index contributed by atoms with van der Waals surface area (Å²) in [5, 5.41) is 3.83. The van der Waals surface area contributed by atoms with Gasteiger partial charge in [-0.25, -0.2) is 9.37 Å². The van der Waals surface area contributed by atoms with Gasteiger partial charge in [0, 0.05) is 37.4 Å². The monoisotopic (exact) mass is 383 g/mol. The first-order chi connectivity index (χ1) is 13.2. The summed E-state index contributed by atoms with van der Waals surface area (Å²) in [6.07, 6.45) is 0. The summed E-state index contributed by atoms with van der Waals surface area (Å²) in [5.41, 5.74) is 2.86. The predicted octanol–water partition coefficient (Wildman–Crippen LogP) is 4.74. The van der Waals surface area contributed by atoms with Crippen LogP contribution in [0.25, 0.3) is 11.3 Å². The van der Waals surface area contributed by atoms with Crippen molar-refractivity contribution in [3.63, 3.8) is 0 Å². The third-order valence-electron chi connectivity index (χ3n) is 4.46. The van der Waals surface area contributed by atoms with E-state index in [1.807, 2.05) is 30.3 Å². The molecule has 2 aromatic carbocycles. The normalized spacial score (nSPS) is 14.2. The number of nitrogens with one attached hydrogen (secondary N) is 1. The Balaban J connectivity index is 1.54. The van der Waals surface area contributed by atoms with E-state index in [1.54, 1.807) is 12.1 Å². The Kier molecular flexibility index (Phi) is 5.23. The summed E-state index contributed by atoms with van der Waals surface area (Å²) in [4.78, 5) is 6.77. The van der Waals surface area contributed by atoms with Crippen molar-refractivity contribution in [3.05, 3.63) is 71.6 Å². The van der Waals surface area contributed by atoms with Gasteiger partial charge in [-0.1, -0.05) is 11.6 Å². The molecule has 1 aliphatic rings. The van der Waals surface area contributed by atoms with Gasteiger partial charge in [0.05, 0.1) is 5.69 Å². The maximum atomic E-state index is 13.0. The van der Waals surface area contributed by atoms with E-state index in [9.17, 15) is 4.39 Å². The largest absolute Gasteiger partial charge is 0.457 e. The highest BCUT2D eigenvalue weighted by Gasteiger charge is 2.13. The average molecular weight is 384 g/mol. The number of hydrogen-bond acceptors (Lipinski definition) is 4. The predicted molar refractivity (Wildman–Crippen MR) is 106 cm³/mol. The van der Waals surface area contributed by atoms with Gasteiger partial charge < -0.3 is 15.0 Å². The number of anilines is 1. The Morgan fingerprint density at radius 1 is 0.926 bits per heavy atom. The maximum Gasteiger partial charge on any atom is 0.131 e. The lowest BCUT2D eigenvalue weighted by atomic mass is 10.1. The van der Waals surface area contributed by atoms with E-state index in [0.717, 1.165) is 43.1 Å². The van der Waals surface area contributed by atoms with Gasteiger partial charge in [0.15, 0.2) is 0 Å². The average Bonchev–Trinajstić information content (AvgIpc) is 2.70. The lowest BCUT2D eigenvalue weighted by Crippen LogP contribution is -2.43. The molecular weight excluding hydrogens is 365 g/mol. The minimum Gasteiger partial charge on any atom is -0.457 e. The zero-order valence-corrected chi connectivity index (χ0v) is 15.4. The van der Waals surface area contributed by atoms with Crippen LogP contribution in [0, 0.1) is 5.82 Å². The van der Waals surface area contributed by atoms with Crippen molar-refractivity contribution in [1.82, 2.24) is 10.3 Å². The van der Waals surface area contributed by atoms with Crippen molar-refractivity contribution in [2.75, 3.05) is 31.1 Å². The zero-order chi connectivity index (χ0) is 18.6. The van der Waals surface area contributed by atoms with Gasteiger partial charge in [-0.05, 0) is 60.7 Å². The van der Waals surface area contributed by atoms with E-state index < -0.39 is 0 Å². The molecule has 138 valence electrons. The van der Waals surface area contributed by atoms with E-state index in [-0.39, 0.29) is 5.82 Å². The van der Waals surface area contributed by atoms with Crippen LogP contribution in [0.15, 0.2) is 60.7 Å². The van der Waals surface area contributed by atoms with Gasteiger partial charge in [-0.15, -0.1) is 0 Å². The summed E-state index contributed by atoms with van der Waals surface area (Å²) in [7, 11) is 0. The molecule has 1 aromatic heterocycles. The Morgan fingerprint density at radius 2 is 1.56 bits per heavy atom. The number of rotatable bonds is 4. The third-order valence-corrected chi connectivity index (χ3v) is 4.65. The topological polar surface area (TPSA) is 37.4 Å². The molecule has 1 fully saturated rings. The molecule has 0 radical (unpaired) electrons. The summed E-state index contributed by atoms with van der Waals surface area (Å²) in [6.45, 7) is 3.82. The molecule has 0 bridgehead atoms. The van der Waals surface area contributed by atoms with Crippen molar-refractivity contribution in [3.8, 4) is 22.8 Å². The van der Waals surface area contributed by atoms with E-state index >= 15 is 0 Å². The van der Waals surface area contributed by atoms with E-state index in [4.69, 9.17) is 16.3 Å². The number of hydrogen-bond donors (Lipinski definition) is 1. The van der Waals surface area contributed by atoms with E-state index in [2.05, 4.69) is 21.3 Å². The number of pyridine rings is 1. The van der Waals surface area contributed by atoms with Gasteiger partial charge >= 0.3 is 0 Å². The summed E-state index contributed by atoms with van der Waals surface area (Å²) in [6, 6.07) is 17.5. The van der Waals surface area contributed by atoms with Crippen molar-refractivity contribution < 1.29 is 9.13 Å². The Labute approximate surface area is 162 Å². The number of aromatic nitrogens is 1. The molecule has 3 aromatic rings. The molecular formula is C21H19ClFN3O. The number of benzene rings is 2. The minimum absolute atomic E-state index is 0.287. The Hall–Kier alpha value is -2.63. The Bertz CT molecular complexity index is 910. The molecule has 1 saturated heterocycles. The van der Waals surface area contributed by atoms with Gasteiger partial charge in [0.25, 0.3) is 0 Å². The van der Waals surface area contributed by atoms with Gasteiger partial charge in [0.2, 0.25) is 0 Å². The molecule has 0 spiro atoms. The SMILES string of the molecule is Fc1ccc(Oc2ccc(-c3cc(N4CCNCC4)cc(Cl)n3)cc2)cc1. The van der Waals surface area contributed by atoms with Crippen molar-refractivity contribution in [2.45, 2.75) is 0 Å². The molecule has 0 amide bonds. The number of nitrogens with zero attached hydrogens (tertiary/aromatic N) is 2. The zero-order valence-electron chi connectivity index (χ0n) is 14.7. The minimum atomic E-state index is -0.287. The standard InChI is InChI=1S/C21H19ClFN3O/c22-21-14-17(26-11-9-24-10-12-26)13-20(25-21)15-1-5-18(6-2-15)27-19-7-3-16(23)4-8-19/h1-8,13-14,24H,9-12H2. The fourth-order valence-corrected chi connectivity index (χ4v) is 3.27. The van der Waals surface area contributed by atoms with Crippen LogP contribution in [0.2, 0.25) is 5.15 Å². The van der Waals surface area contributed by atoms with Gasteiger partial charge in [-0.2, -0.15) is 0 Å². The molecule has 0 aliphatic carbocycles. The molecule has 6 heteroatoms. The van der Waals surface area contributed by atoms with Crippen molar-refractivity contribution in [1.29, 1.82) is 0 Å². The second kappa shape index (κ2) is 7.94. The molecule has 2 heterocycles. The first kappa shape index (κ1) is 17.8.